The van der Waals surface area contributed by atoms with Crippen LogP contribution in [-0.4, -0.2) is 28.1 Å². The lowest BCUT2D eigenvalue weighted by atomic mass is 10.1. The van der Waals surface area contributed by atoms with Gasteiger partial charge in [0.25, 0.3) is 5.56 Å². The Hall–Kier alpha value is -2.02. The van der Waals surface area contributed by atoms with Crippen LogP contribution in [-0.2, 0) is 13.1 Å². The molecule has 0 radical (unpaired) electrons. The normalized spacial score (nSPS) is 11.4. The van der Waals surface area contributed by atoms with Crippen LogP contribution in [0.25, 0.3) is 10.9 Å². The zero-order valence-corrected chi connectivity index (χ0v) is 15.1. The number of rotatable bonds is 6. The number of fused-ring (bicyclic) bond motifs is 1. The van der Waals surface area contributed by atoms with E-state index in [4.69, 9.17) is 0 Å². The molecule has 0 atom stereocenters. The topological polar surface area (TPSA) is 56.3 Å². The molecule has 3 rings (SSSR count). The number of para-hydroxylation sites is 1. The number of aromatic amines is 1. The number of nitrogens with zero attached hydrogens (tertiary/aromatic N) is 1. The zero-order chi connectivity index (χ0) is 17.8. The number of hydrogen-bond acceptors (Lipinski definition) is 3. The van der Waals surface area contributed by atoms with Gasteiger partial charge in [0.05, 0.1) is 6.61 Å². The summed E-state index contributed by atoms with van der Waals surface area (Å²) in [5.74, 6) is -0.307. The van der Waals surface area contributed by atoms with E-state index in [0.717, 1.165) is 15.4 Å². The summed E-state index contributed by atoms with van der Waals surface area (Å²) >= 11 is 3.34. The van der Waals surface area contributed by atoms with Crippen LogP contribution in [0.15, 0.2) is 57.8 Å². The maximum absolute atomic E-state index is 14.0. The summed E-state index contributed by atoms with van der Waals surface area (Å²) < 4.78 is 14.8. The molecule has 0 aliphatic rings. The summed E-state index contributed by atoms with van der Waals surface area (Å²) in [5, 5.41) is 10.3. The largest absolute Gasteiger partial charge is 0.395 e. The van der Waals surface area contributed by atoms with Crippen LogP contribution in [0.3, 0.4) is 0 Å². The molecule has 25 heavy (non-hydrogen) atoms. The summed E-state index contributed by atoms with van der Waals surface area (Å²) in [4.78, 5) is 17.0. The van der Waals surface area contributed by atoms with Crippen molar-refractivity contribution in [1.29, 1.82) is 0 Å². The maximum Gasteiger partial charge on any atom is 0.252 e. The van der Waals surface area contributed by atoms with Gasteiger partial charge < -0.3 is 10.1 Å². The van der Waals surface area contributed by atoms with Crippen LogP contribution >= 0.6 is 15.9 Å². The Morgan fingerprint density at radius 1 is 1.08 bits per heavy atom. The lowest BCUT2D eigenvalue weighted by Crippen LogP contribution is -2.29. The van der Waals surface area contributed by atoms with Gasteiger partial charge in [-0.05, 0) is 35.7 Å². The third-order valence-electron chi connectivity index (χ3n) is 4.04. The van der Waals surface area contributed by atoms with Gasteiger partial charge in [-0.15, -0.1) is 0 Å². The second kappa shape index (κ2) is 7.91. The average Bonchev–Trinajstić information content (AvgIpc) is 2.59. The molecule has 0 amide bonds. The molecule has 3 aromatic rings. The molecule has 0 saturated heterocycles. The van der Waals surface area contributed by atoms with E-state index in [1.807, 2.05) is 35.2 Å². The van der Waals surface area contributed by atoms with Crippen LogP contribution < -0.4 is 5.56 Å². The summed E-state index contributed by atoms with van der Waals surface area (Å²) in [6.45, 7) is 0.907. The van der Waals surface area contributed by atoms with E-state index in [2.05, 4.69) is 20.9 Å². The SMILES string of the molecule is O=c1[nH]c2ccccc2cc1CN(CCO)Cc1cc(Br)ccc1F. The average molecular weight is 405 g/mol. The molecule has 4 nitrogen and oxygen atoms in total. The number of halogens is 2. The number of nitrogens with one attached hydrogen (secondary N) is 1. The van der Waals surface area contributed by atoms with Crippen LogP contribution in [0.5, 0.6) is 0 Å². The summed E-state index contributed by atoms with van der Waals surface area (Å²) in [6.07, 6.45) is 0. The Kier molecular flexibility index (Phi) is 5.63. The summed E-state index contributed by atoms with van der Waals surface area (Å²) in [7, 11) is 0. The Morgan fingerprint density at radius 2 is 1.84 bits per heavy atom. The third-order valence-corrected chi connectivity index (χ3v) is 4.54. The standard InChI is InChI=1S/C19H18BrFN2O2/c20-16-5-6-17(21)14(10-16)11-23(7-8-24)12-15-9-13-3-1-2-4-18(13)22-19(15)25/h1-6,9-10,24H,7-8,11-12H2,(H,22,25). The molecular formula is C19H18BrFN2O2. The molecule has 2 aromatic carbocycles. The maximum atomic E-state index is 14.0. The van der Waals surface area contributed by atoms with Crippen molar-refractivity contribution in [2.24, 2.45) is 0 Å². The minimum absolute atomic E-state index is 0.0683. The lowest BCUT2D eigenvalue weighted by Gasteiger charge is -2.21. The molecule has 0 unspecified atom stereocenters. The third kappa shape index (κ3) is 4.34. The fourth-order valence-electron chi connectivity index (χ4n) is 2.81. The van der Waals surface area contributed by atoms with E-state index >= 15 is 0 Å². The molecule has 0 saturated carbocycles. The van der Waals surface area contributed by atoms with E-state index < -0.39 is 0 Å². The molecule has 6 heteroatoms. The highest BCUT2D eigenvalue weighted by molar-refractivity contribution is 9.10. The molecule has 2 N–H and O–H groups in total. The van der Waals surface area contributed by atoms with Crippen molar-refractivity contribution in [2.45, 2.75) is 13.1 Å². The van der Waals surface area contributed by atoms with Crippen molar-refractivity contribution >= 4 is 26.8 Å². The van der Waals surface area contributed by atoms with Gasteiger partial charge in [0.15, 0.2) is 0 Å². The second-order valence-electron chi connectivity index (χ2n) is 5.88. The minimum Gasteiger partial charge on any atom is -0.395 e. The predicted octanol–water partition coefficient (Wildman–Crippen LogP) is 3.42. The number of aromatic nitrogens is 1. The van der Waals surface area contributed by atoms with Gasteiger partial charge in [-0.25, -0.2) is 4.39 Å². The highest BCUT2D eigenvalue weighted by Gasteiger charge is 2.13. The Morgan fingerprint density at radius 3 is 2.64 bits per heavy atom. The molecule has 0 fully saturated rings. The summed E-state index contributed by atoms with van der Waals surface area (Å²) in [5.41, 5.74) is 1.71. The first kappa shape index (κ1) is 17.8. The molecule has 0 spiro atoms. The van der Waals surface area contributed by atoms with Crippen molar-refractivity contribution in [3.63, 3.8) is 0 Å². The fraction of sp³-hybridized carbons (Fsp3) is 0.211. The number of benzene rings is 2. The molecule has 130 valence electrons. The fourth-order valence-corrected chi connectivity index (χ4v) is 3.22. The van der Waals surface area contributed by atoms with Crippen molar-refractivity contribution in [3.8, 4) is 0 Å². The molecule has 0 aliphatic heterocycles. The Balaban J connectivity index is 1.88. The number of aliphatic hydroxyl groups is 1. The van der Waals surface area contributed by atoms with E-state index in [9.17, 15) is 14.3 Å². The number of pyridine rings is 1. The quantitative estimate of drug-likeness (QED) is 0.661. The van der Waals surface area contributed by atoms with Gasteiger partial charge in [0.1, 0.15) is 5.82 Å². The van der Waals surface area contributed by atoms with E-state index in [-0.39, 0.29) is 18.0 Å². The Labute approximate surface area is 153 Å². The number of hydrogen-bond donors (Lipinski definition) is 2. The monoisotopic (exact) mass is 404 g/mol. The van der Waals surface area contributed by atoms with E-state index in [0.29, 0.717) is 30.8 Å². The molecule has 1 heterocycles. The van der Waals surface area contributed by atoms with Gasteiger partial charge >= 0.3 is 0 Å². The first-order valence-corrected chi connectivity index (χ1v) is 8.74. The smallest absolute Gasteiger partial charge is 0.252 e. The second-order valence-corrected chi connectivity index (χ2v) is 6.80. The predicted molar refractivity (Wildman–Crippen MR) is 99.9 cm³/mol. The van der Waals surface area contributed by atoms with Gasteiger partial charge in [0, 0.05) is 40.8 Å². The first-order valence-electron chi connectivity index (χ1n) is 7.95. The van der Waals surface area contributed by atoms with Crippen LogP contribution in [0.4, 0.5) is 4.39 Å². The van der Waals surface area contributed by atoms with Crippen LogP contribution in [0.2, 0.25) is 0 Å². The Bertz CT molecular complexity index is 942. The van der Waals surface area contributed by atoms with Gasteiger partial charge in [0.2, 0.25) is 0 Å². The van der Waals surface area contributed by atoms with Crippen molar-refractivity contribution in [2.75, 3.05) is 13.2 Å². The van der Waals surface area contributed by atoms with E-state index in [1.165, 1.54) is 6.07 Å². The highest BCUT2D eigenvalue weighted by Crippen LogP contribution is 2.18. The molecule has 0 bridgehead atoms. The molecule has 0 aliphatic carbocycles. The van der Waals surface area contributed by atoms with Crippen LogP contribution in [0.1, 0.15) is 11.1 Å². The van der Waals surface area contributed by atoms with Crippen molar-refractivity contribution in [1.82, 2.24) is 9.88 Å². The molecular weight excluding hydrogens is 387 g/mol. The lowest BCUT2D eigenvalue weighted by molar-refractivity contribution is 0.182. The van der Waals surface area contributed by atoms with Crippen LogP contribution in [0, 0.1) is 5.82 Å². The first-order chi connectivity index (χ1) is 12.1. The minimum atomic E-state index is -0.307. The number of H-pyrrole nitrogens is 1. The van der Waals surface area contributed by atoms with Gasteiger partial charge in [-0.1, -0.05) is 34.1 Å². The molecule has 1 aromatic heterocycles. The van der Waals surface area contributed by atoms with Gasteiger partial charge in [-0.2, -0.15) is 0 Å². The summed E-state index contributed by atoms with van der Waals surface area (Å²) in [6, 6.07) is 14.2. The highest BCUT2D eigenvalue weighted by atomic mass is 79.9. The number of aliphatic hydroxyl groups excluding tert-OH is 1. The zero-order valence-electron chi connectivity index (χ0n) is 13.5. The van der Waals surface area contributed by atoms with Gasteiger partial charge in [-0.3, -0.25) is 9.69 Å². The van der Waals surface area contributed by atoms with Crippen molar-refractivity contribution in [3.05, 3.63) is 80.3 Å². The van der Waals surface area contributed by atoms with Crippen molar-refractivity contribution < 1.29 is 9.50 Å². The van der Waals surface area contributed by atoms with E-state index in [1.54, 1.807) is 12.1 Å².